The summed E-state index contributed by atoms with van der Waals surface area (Å²) in [6, 6.07) is 28.0. The monoisotopic (exact) mass is 389 g/mol. The van der Waals surface area contributed by atoms with Crippen molar-refractivity contribution in [2.45, 2.75) is 19.1 Å². The zero-order valence-electron chi connectivity index (χ0n) is 17.1. The molecule has 2 N–H and O–H groups in total. The molecule has 1 atom stereocenters. The number of rotatable bonds is 9. The van der Waals surface area contributed by atoms with E-state index in [4.69, 9.17) is 4.74 Å². The summed E-state index contributed by atoms with van der Waals surface area (Å²) < 4.78 is 5.75. The molecule has 0 saturated carbocycles. The Labute approximate surface area is 173 Å². The Kier molecular flexibility index (Phi) is 7.42. The average Bonchev–Trinajstić information content (AvgIpc) is 2.76. The van der Waals surface area contributed by atoms with Crippen molar-refractivity contribution in [1.82, 2.24) is 5.32 Å². The van der Waals surface area contributed by atoms with Crippen LogP contribution in [0.15, 0.2) is 84.9 Å². The summed E-state index contributed by atoms with van der Waals surface area (Å²) in [6.45, 7) is 1.12. The van der Waals surface area contributed by atoms with Crippen LogP contribution >= 0.6 is 0 Å². The second-order valence-corrected chi connectivity index (χ2v) is 7.47. The predicted molar refractivity (Wildman–Crippen MR) is 116 cm³/mol. The fourth-order valence-corrected chi connectivity index (χ4v) is 3.13. The molecular weight excluding hydrogens is 360 g/mol. The van der Waals surface area contributed by atoms with Gasteiger partial charge < -0.3 is 15.0 Å². The second kappa shape index (κ2) is 10.4. The summed E-state index contributed by atoms with van der Waals surface area (Å²) in [4.78, 5) is 13.9. The summed E-state index contributed by atoms with van der Waals surface area (Å²) in [6.07, 6.45) is 0.930. The molecule has 0 aliphatic heterocycles. The Balaban J connectivity index is 1.51. The molecule has 0 radical (unpaired) electrons. The van der Waals surface area contributed by atoms with Crippen molar-refractivity contribution in [3.05, 3.63) is 102 Å². The van der Waals surface area contributed by atoms with Crippen LogP contribution in [0.3, 0.4) is 0 Å². The molecule has 4 heteroatoms. The summed E-state index contributed by atoms with van der Waals surface area (Å²) in [5, 5.41) is 3.09. The van der Waals surface area contributed by atoms with Crippen molar-refractivity contribution >= 4 is 5.91 Å². The summed E-state index contributed by atoms with van der Waals surface area (Å²) in [5.41, 5.74) is 2.99. The van der Waals surface area contributed by atoms with E-state index in [9.17, 15) is 4.79 Å². The van der Waals surface area contributed by atoms with Gasteiger partial charge in [0.15, 0.2) is 0 Å². The highest BCUT2D eigenvalue weighted by atomic mass is 16.5. The first-order chi connectivity index (χ1) is 14.1. The second-order valence-electron chi connectivity index (χ2n) is 7.47. The Bertz CT molecular complexity index is 878. The molecule has 29 heavy (non-hydrogen) atoms. The zero-order valence-corrected chi connectivity index (χ0v) is 17.1. The Morgan fingerprint density at radius 2 is 1.48 bits per heavy atom. The maximum Gasteiger partial charge on any atom is 0.251 e. The number of hydrogen-bond donors (Lipinski definition) is 2. The van der Waals surface area contributed by atoms with E-state index in [2.05, 4.69) is 43.7 Å². The molecular formula is C25H29N2O2+. The first-order valence-corrected chi connectivity index (χ1v) is 10.0. The van der Waals surface area contributed by atoms with Crippen LogP contribution in [0.25, 0.3) is 0 Å². The van der Waals surface area contributed by atoms with Gasteiger partial charge in [-0.1, -0.05) is 60.7 Å². The van der Waals surface area contributed by atoms with Gasteiger partial charge in [-0.2, -0.15) is 0 Å². The number of hydrogen-bond acceptors (Lipinski definition) is 2. The Hall–Kier alpha value is -3.11. The number of nitrogens with one attached hydrogen (secondary N) is 2. The fraction of sp³-hybridized carbons (Fsp3) is 0.240. The van der Waals surface area contributed by atoms with Gasteiger partial charge in [0.2, 0.25) is 0 Å². The lowest BCUT2D eigenvalue weighted by molar-refractivity contribution is -0.884. The molecule has 3 aromatic carbocycles. The highest BCUT2D eigenvalue weighted by Gasteiger charge is 2.17. The fourth-order valence-electron chi connectivity index (χ4n) is 3.13. The quantitative estimate of drug-likeness (QED) is 0.591. The molecule has 0 saturated heterocycles. The van der Waals surface area contributed by atoms with E-state index in [-0.39, 0.29) is 5.91 Å². The Morgan fingerprint density at radius 1 is 0.862 bits per heavy atom. The molecule has 150 valence electrons. The molecule has 3 rings (SSSR count). The summed E-state index contributed by atoms with van der Waals surface area (Å²) in [7, 11) is 4.25. The molecule has 4 nitrogen and oxygen atoms in total. The lowest BCUT2D eigenvalue weighted by atomic mass is 10.0. The zero-order chi connectivity index (χ0) is 20.5. The molecule has 3 aromatic rings. The van der Waals surface area contributed by atoms with Gasteiger partial charge in [-0.15, -0.1) is 0 Å². The third-order valence-electron chi connectivity index (χ3n) is 5.02. The summed E-state index contributed by atoms with van der Waals surface area (Å²) >= 11 is 0. The van der Waals surface area contributed by atoms with Crippen LogP contribution in [-0.2, 0) is 13.0 Å². The van der Waals surface area contributed by atoms with Crippen LogP contribution < -0.4 is 15.0 Å². The maximum absolute atomic E-state index is 12.6. The topological polar surface area (TPSA) is 42.8 Å². The number of likely N-dealkylation sites (N-methyl/N-ethyl adjacent to an activating group) is 1. The van der Waals surface area contributed by atoms with Gasteiger partial charge in [-0.3, -0.25) is 4.79 Å². The molecule has 1 amide bonds. The minimum atomic E-state index is -0.0418. The minimum Gasteiger partial charge on any atom is -0.489 e. The third-order valence-corrected chi connectivity index (χ3v) is 5.02. The number of benzene rings is 3. The standard InChI is InChI=1S/C25H28N2O2/c1-27(2)23(17-20-9-5-3-6-10-20)18-26-25(28)22-15-13-21(14-16-22)19-29-24-11-7-4-8-12-24/h3-16,23H,17-19H2,1-2H3,(H,26,28)/p+1/t23-/m1/s1. The van der Waals surface area contributed by atoms with Gasteiger partial charge in [0.05, 0.1) is 20.6 Å². The smallest absolute Gasteiger partial charge is 0.251 e. The normalized spacial score (nSPS) is 11.8. The number of carbonyl (C=O) groups excluding carboxylic acids is 1. The van der Waals surface area contributed by atoms with E-state index in [0.29, 0.717) is 24.8 Å². The van der Waals surface area contributed by atoms with Crippen molar-refractivity contribution in [2.75, 3.05) is 20.6 Å². The van der Waals surface area contributed by atoms with E-state index in [0.717, 1.165) is 17.7 Å². The largest absolute Gasteiger partial charge is 0.489 e. The molecule has 0 bridgehead atoms. The first kappa shape index (κ1) is 20.6. The molecule has 0 spiro atoms. The van der Waals surface area contributed by atoms with Gasteiger partial charge in [-0.25, -0.2) is 0 Å². The summed E-state index contributed by atoms with van der Waals surface area (Å²) in [5.74, 6) is 0.796. The van der Waals surface area contributed by atoms with Crippen LogP contribution in [0, 0.1) is 0 Å². The van der Waals surface area contributed by atoms with Gasteiger partial charge in [0.25, 0.3) is 5.91 Å². The maximum atomic E-state index is 12.6. The van der Waals surface area contributed by atoms with Crippen LogP contribution in [0.2, 0.25) is 0 Å². The molecule has 0 aliphatic carbocycles. The number of quaternary nitrogens is 1. The van der Waals surface area contributed by atoms with Gasteiger partial charge in [0.1, 0.15) is 18.4 Å². The molecule has 0 fully saturated rings. The van der Waals surface area contributed by atoms with Crippen molar-refractivity contribution in [1.29, 1.82) is 0 Å². The van der Waals surface area contributed by atoms with E-state index in [1.54, 1.807) is 0 Å². The molecule has 0 unspecified atom stereocenters. The van der Waals surface area contributed by atoms with E-state index < -0.39 is 0 Å². The van der Waals surface area contributed by atoms with Crippen LogP contribution in [-0.4, -0.2) is 32.6 Å². The van der Waals surface area contributed by atoms with Gasteiger partial charge >= 0.3 is 0 Å². The van der Waals surface area contributed by atoms with Gasteiger partial charge in [0, 0.05) is 12.0 Å². The van der Waals surface area contributed by atoms with Crippen molar-refractivity contribution in [3.63, 3.8) is 0 Å². The van der Waals surface area contributed by atoms with Crippen LogP contribution in [0.5, 0.6) is 5.75 Å². The van der Waals surface area contributed by atoms with Crippen molar-refractivity contribution in [3.8, 4) is 5.75 Å². The van der Waals surface area contributed by atoms with Crippen LogP contribution in [0.1, 0.15) is 21.5 Å². The SMILES string of the molecule is C[NH+](C)[C@@H](CNC(=O)c1ccc(COc2ccccc2)cc1)Cc1ccccc1. The lowest BCUT2D eigenvalue weighted by Gasteiger charge is -2.22. The predicted octanol–water partition coefficient (Wildman–Crippen LogP) is 2.75. The highest BCUT2D eigenvalue weighted by Crippen LogP contribution is 2.12. The van der Waals surface area contributed by atoms with Crippen molar-refractivity contribution < 1.29 is 14.4 Å². The van der Waals surface area contributed by atoms with Crippen LogP contribution in [0.4, 0.5) is 0 Å². The minimum absolute atomic E-state index is 0.0418. The van der Waals surface area contributed by atoms with E-state index >= 15 is 0 Å². The van der Waals surface area contributed by atoms with E-state index in [1.807, 2.05) is 60.7 Å². The Morgan fingerprint density at radius 3 is 2.10 bits per heavy atom. The molecule has 0 aromatic heterocycles. The number of para-hydroxylation sites is 1. The number of ether oxygens (including phenoxy) is 1. The highest BCUT2D eigenvalue weighted by molar-refractivity contribution is 5.94. The third kappa shape index (κ3) is 6.47. The average molecular weight is 390 g/mol. The first-order valence-electron chi connectivity index (χ1n) is 10.0. The number of carbonyl (C=O) groups is 1. The van der Waals surface area contributed by atoms with Crippen molar-refractivity contribution in [2.24, 2.45) is 0 Å². The van der Waals surface area contributed by atoms with E-state index in [1.165, 1.54) is 10.5 Å². The lowest BCUT2D eigenvalue weighted by Crippen LogP contribution is -3.11. The van der Waals surface area contributed by atoms with Gasteiger partial charge in [-0.05, 0) is 35.4 Å². The molecule has 0 aliphatic rings. The molecule has 0 heterocycles. The number of amides is 1.